The molecule has 0 atom stereocenters. The lowest BCUT2D eigenvalue weighted by Gasteiger charge is -2.15. The lowest BCUT2D eigenvalue weighted by Crippen LogP contribution is -2.25. The Hall–Kier alpha value is -3.07. The first-order chi connectivity index (χ1) is 13.5. The Balaban J connectivity index is 1.95. The second-order valence-corrected chi connectivity index (χ2v) is 6.57. The molecule has 9 heteroatoms. The number of ether oxygens (including phenoxy) is 2. The summed E-state index contributed by atoms with van der Waals surface area (Å²) in [5.41, 5.74) is 2.29. The smallest absolute Gasteiger partial charge is 0.240 e. The van der Waals surface area contributed by atoms with Crippen LogP contribution in [-0.2, 0) is 4.79 Å². The maximum atomic E-state index is 12.8. The fraction of sp³-hybridized carbons (Fsp3) is 0.211. The Morgan fingerprint density at radius 1 is 1.18 bits per heavy atom. The van der Waals surface area contributed by atoms with Crippen molar-refractivity contribution in [2.24, 2.45) is 5.10 Å². The first-order valence-corrected chi connectivity index (χ1v) is 9.11. The number of nitrogens with one attached hydrogen (secondary N) is 1. The number of rotatable bonds is 9. The summed E-state index contributed by atoms with van der Waals surface area (Å²) >= 11 is 1.41. The lowest BCUT2D eigenvalue weighted by atomic mass is 10.1. The molecule has 1 N–H and O–H groups in total. The van der Waals surface area contributed by atoms with Crippen molar-refractivity contribution in [2.45, 2.75) is 11.3 Å². The highest BCUT2D eigenvalue weighted by atomic mass is 32.2. The number of hydrazone groups is 1. The fourth-order valence-corrected chi connectivity index (χ4v) is 3.13. The summed E-state index contributed by atoms with van der Waals surface area (Å²) in [6, 6.07) is 8.96. The van der Waals surface area contributed by atoms with Gasteiger partial charge in [0, 0.05) is 22.6 Å². The minimum absolute atomic E-state index is 0.00785. The van der Waals surface area contributed by atoms with Crippen molar-refractivity contribution >= 4 is 29.9 Å². The third-order valence-corrected chi connectivity index (χ3v) is 4.60. The van der Waals surface area contributed by atoms with E-state index in [1.165, 1.54) is 56.5 Å². The van der Waals surface area contributed by atoms with Crippen LogP contribution in [0.5, 0.6) is 11.5 Å². The monoisotopic (exact) mass is 405 g/mol. The second-order valence-electron chi connectivity index (χ2n) is 5.40. The Labute approximate surface area is 165 Å². The number of amides is 1. The van der Waals surface area contributed by atoms with Gasteiger partial charge in [0.1, 0.15) is 5.82 Å². The van der Waals surface area contributed by atoms with Gasteiger partial charge in [-0.15, -0.1) is 11.8 Å². The van der Waals surface area contributed by atoms with Gasteiger partial charge in [0.2, 0.25) is 5.91 Å². The number of nitrogens with zero attached hydrogens (tertiary/aromatic N) is 1. The molecular formula is C19H18FN2O5S-. The highest BCUT2D eigenvalue weighted by Gasteiger charge is 2.15. The number of carboxylic acids is 1. The Morgan fingerprint density at radius 3 is 2.50 bits per heavy atom. The van der Waals surface area contributed by atoms with Crippen LogP contribution in [0.15, 0.2) is 46.4 Å². The zero-order valence-corrected chi connectivity index (χ0v) is 16.0. The van der Waals surface area contributed by atoms with Gasteiger partial charge >= 0.3 is 0 Å². The summed E-state index contributed by atoms with van der Waals surface area (Å²) in [4.78, 5) is 24.1. The lowest BCUT2D eigenvalue weighted by molar-refractivity contribution is -0.255. The van der Waals surface area contributed by atoms with Gasteiger partial charge < -0.3 is 19.4 Å². The first kappa shape index (κ1) is 21.2. The molecule has 2 rings (SSSR count). The number of carboxylic acid groups (broad SMARTS) is 1. The fourth-order valence-electron chi connectivity index (χ4n) is 2.28. The number of aromatic carboxylic acids is 1. The number of carbonyl (C=O) groups excluding carboxylic acids is 2. The average molecular weight is 405 g/mol. The van der Waals surface area contributed by atoms with E-state index in [-0.39, 0.29) is 40.8 Å². The SMILES string of the molecule is COc1ccc(/C=N\NC(=O)CCSc2ccc(F)cc2)c(C(=O)[O-])c1OC. The molecule has 0 aliphatic carbocycles. The Bertz CT molecular complexity index is 871. The number of methoxy groups -OCH3 is 2. The highest BCUT2D eigenvalue weighted by Crippen LogP contribution is 2.32. The molecule has 2 aromatic carbocycles. The van der Waals surface area contributed by atoms with Crippen molar-refractivity contribution in [1.82, 2.24) is 5.43 Å². The molecule has 0 saturated carbocycles. The van der Waals surface area contributed by atoms with Crippen LogP contribution in [0.3, 0.4) is 0 Å². The molecule has 2 aromatic rings. The van der Waals surface area contributed by atoms with E-state index in [1.807, 2.05) is 0 Å². The summed E-state index contributed by atoms with van der Waals surface area (Å²) in [6.07, 6.45) is 1.37. The van der Waals surface area contributed by atoms with Crippen molar-refractivity contribution in [3.05, 3.63) is 53.3 Å². The molecule has 0 radical (unpaired) electrons. The third-order valence-electron chi connectivity index (χ3n) is 3.59. The Morgan fingerprint density at radius 2 is 1.89 bits per heavy atom. The van der Waals surface area contributed by atoms with Crippen LogP contribution in [0.2, 0.25) is 0 Å². The first-order valence-electron chi connectivity index (χ1n) is 8.12. The molecule has 148 valence electrons. The largest absolute Gasteiger partial charge is 0.545 e. The molecule has 0 heterocycles. The number of hydrogen-bond donors (Lipinski definition) is 1. The van der Waals surface area contributed by atoms with Crippen molar-refractivity contribution in [3.8, 4) is 11.5 Å². The van der Waals surface area contributed by atoms with E-state index in [2.05, 4.69) is 10.5 Å². The topological polar surface area (TPSA) is 100 Å². The van der Waals surface area contributed by atoms with Crippen LogP contribution in [0.4, 0.5) is 4.39 Å². The molecule has 0 saturated heterocycles. The molecule has 1 amide bonds. The molecule has 0 unspecified atom stereocenters. The van der Waals surface area contributed by atoms with Crippen molar-refractivity contribution in [1.29, 1.82) is 0 Å². The minimum atomic E-state index is -1.46. The predicted octanol–water partition coefficient (Wildman–Crippen LogP) is 1.84. The van der Waals surface area contributed by atoms with Crippen LogP contribution in [0.25, 0.3) is 0 Å². The van der Waals surface area contributed by atoms with E-state index in [4.69, 9.17) is 9.47 Å². The normalized spacial score (nSPS) is 10.7. The summed E-state index contributed by atoms with van der Waals surface area (Å²) in [6.45, 7) is 0. The van der Waals surface area contributed by atoms with Crippen LogP contribution in [0, 0.1) is 5.82 Å². The summed E-state index contributed by atoms with van der Waals surface area (Å²) in [5.74, 6) is -1.40. The molecule has 7 nitrogen and oxygen atoms in total. The van der Waals surface area contributed by atoms with Crippen LogP contribution >= 0.6 is 11.8 Å². The van der Waals surface area contributed by atoms with E-state index in [0.29, 0.717) is 5.75 Å². The molecule has 28 heavy (non-hydrogen) atoms. The zero-order valence-electron chi connectivity index (χ0n) is 15.2. The van der Waals surface area contributed by atoms with Crippen molar-refractivity contribution in [2.75, 3.05) is 20.0 Å². The summed E-state index contributed by atoms with van der Waals surface area (Å²) in [5, 5.41) is 15.2. The number of thioether (sulfide) groups is 1. The molecule has 0 aromatic heterocycles. The van der Waals surface area contributed by atoms with Crippen LogP contribution in [-0.4, -0.2) is 38.1 Å². The van der Waals surface area contributed by atoms with Gasteiger partial charge in [0.25, 0.3) is 0 Å². The predicted molar refractivity (Wildman–Crippen MR) is 101 cm³/mol. The van der Waals surface area contributed by atoms with Crippen molar-refractivity contribution < 1.29 is 28.6 Å². The van der Waals surface area contributed by atoms with Crippen LogP contribution in [0.1, 0.15) is 22.3 Å². The van der Waals surface area contributed by atoms with E-state index >= 15 is 0 Å². The third kappa shape index (κ3) is 5.71. The van der Waals surface area contributed by atoms with Gasteiger partial charge in [-0.2, -0.15) is 5.10 Å². The van der Waals surface area contributed by atoms with Gasteiger partial charge in [0.05, 0.1) is 32.0 Å². The average Bonchev–Trinajstić information content (AvgIpc) is 2.68. The molecule has 0 spiro atoms. The van der Waals surface area contributed by atoms with Gasteiger partial charge in [-0.1, -0.05) is 0 Å². The minimum Gasteiger partial charge on any atom is -0.545 e. The van der Waals surface area contributed by atoms with E-state index in [0.717, 1.165) is 4.90 Å². The molecule has 0 fully saturated rings. The number of carbonyl (C=O) groups is 2. The number of hydrogen-bond acceptors (Lipinski definition) is 7. The summed E-state index contributed by atoms with van der Waals surface area (Å²) < 4.78 is 23.0. The van der Waals surface area contributed by atoms with Gasteiger partial charge in [-0.3, -0.25) is 4.79 Å². The standard InChI is InChI=1S/C19H19FN2O5S/c1-26-15-8-3-12(17(19(24)25)18(15)27-2)11-21-22-16(23)9-10-28-14-6-4-13(20)5-7-14/h3-8,11H,9-10H2,1-2H3,(H,22,23)(H,24,25)/p-1/b21-11-. The number of halogens is 1. The maximum absolute atomic E-state index is 12.8. The van der Waals surface area contributed by atoms with Crippen molar-refractivity contribution in [3.63, 3.8) is 0 Å². The van der Waals surface area contributed by atoms with Gasteiger partial charge in [-0.25, -0.2) is 9.82 Å². The molecular weight excluding hydrogens is 387 g/mol. The quantitative estimate of drug-likeness (QED) is 0.388. The second kappa shape index (κ2) is 10.3. The molecule has 0 bridgehead atoms. The van der Waals surface area contributed by atoms with Crippen LogP contribution < -0.4 is 20.0 Å². The van der Waals surface area contributed by atoms with Gasteiger partial charge in [-0.05, 0) is 36.4 Å². The van der Waals surface area contributed by atoms with E-state index < -0.39 is 5.97 Å². The van der Waals surface area contributed by atoms with E-state index in [9.17, 15) is 19.1 Å². The van der Waals surface area contributed by atoms with E-state index in [1.54, 1.807) is 12.1 Å². The zero-order chi connectivity index (χ0) is 20.5. The maximum Gasteiger partial charge on any atom is 0.240 e. The summed E-state index contributed by atoms with van der Waals surface area (Å²) in [7, 11) is 2.70. The molecule has 0 aliphatic heterocycles. The highest BCUT2D eigenvalue weighted by molar-refractivity contribution is 7.99. The Kier molecular flexibility index (Phi) is 7.82. The van der Waals surface area contributed by atoms with Gasteiger partial charge in [0.15, 0.2) is 11.5 Å². The number of benzene rings is 2. The molecule has 0 aliphatic rings.